The van der Waals surface area contributed by atoms with Crippen LogP contribution in [0.2, 0.25) is 0 Å². The Morgan fingerprint density at radius 2 is 1.73 bits per heavy atom. The number of carbonyl (C=O) groups is 2. The number of rotatable bonds is 7. The number of halogens is 2. The number of hydrogen-bond donors (Lipinski definition) is 1. The van der Waals surface area contributed by atoms with Crippen molar-refractivity contribution < 1.29 is 27.3 Å². The average Bonchev–Trinajstić information content (AvgIpc) is 2.63. The van der Waals surface area contributed by atoms with Gasteiger partial charge < -0.3 is 10.1 Å². The summed E-state index contributed by atoms with van der Waals surface area (Å²) < 4.78 is 43.4. The van der Waals surface area contributed by atoms with Crippen LogP contribution in [0.3, 0.4) is 0 Å². The van der Waals surface area contributed by atoms with Gasteiger partial charge in [-0.15, -0.1) is 0 Å². The number of esters is 1. The van der Waals surface area contributed by atoms with Crippen LogP contribution in [0.25, 0.3) is 0 Å². The molecule has 0 saturated carbocycles. The summed E-state index contributed by atoms with van der Waals surface area (Å²) in [5, 5.41) is 2.36. The largest absolute Gasteiger partial charge is 0.467 e. The van der Waals surface area contributed by atoms with Gasteiger partial charge in [-0.2, -0.15) is 0 Å². The van der Waals surface area contributed by atoms with Gasteiger partial charge in [-0.05, 0) is 30.7 Å². The molecule has 8 heteroatoms. The van der Waals surface area contributed by atoms with E-state index in [0.717, 1.165) is 19.2 Å². The third kappa shape index (κ3) is 5.45. The van der Waals surface area contributed by atoms with Crippen LogP contribution in [-0.2, 0) is 20.3 Å². The molecule has 2 rings (SSSR count). The van der Waals surface area contributed by atoms with E-state index >= 15 is 0 Å². The number of benzene rings is 2. The highest BCUT2D eigenvalue weighted by molar-refractivity contribution is 7.85. The fourth-order valence-electron chi connectivity index (χ4n) is 2.23. The van der Waals surface area contributed by atoms with Crippen LogP contribution in [0.4, 0.5) is 8.78 Å². The van der Waals surface area contributed by atoms with Gasteiger partial charge in [-0.1, -0.05) is 18.2 Å². The minimum Gasteiger partial charge on any atom is -0.467 e. The molecule has 0 fully saturated rings. The first-order chi connectivity index (χ1) is 12.4. The lowest BCUT2D eigenvalue weighted by Gasteiger charge is -2.16. The van der Waals surface area contributed by atoms with Gasteiger partial charge in [0.2, 0.25) is 0 Å². The Morgan fingerprint density at radius 1 is 1.12 bits per heavy atom. The molecule has 1 N–H and O–H groups in total. The summed E-state index contributed by atoms with van der Waals surface area (Å²) in [7, 11) is -0.218. The number of methoxy groups -OCH3 is 1. The molecule has 0 aliphatic carbocycles. The summed E-state index contributed by atoms with van der Waals surface area (Å²) >= 11 is 0. The van der Waals surface area contributed by atoms with Gasteiger partial charge in [0, 0.05) is 22.3 Å². The van der Waals surface area contributed by atoms with E-state index in [4.69, 9.17) is 0 Å². The first-order valence-corrected chi connectivity index (χ1v) is 9.01. The van der Waals surface area contributed by atoms with Crippen molar-refractivity contribution in [3.8, 4) is 0 Å². The highest BCUT2D eigenvalue weighted by Crippen LogP contribution is 2.11. The van der Waals surface area contributed by atoms with Crippen LogP contribution in [0.5, 0.6) is 0 Å². The lowest BCUT2D eigenvalue weighted by Crippen LogP contribution is -2.42. The van der Waals surface area contributed by atoms with Crippen molar-refractivity contribution in [2.24, 2.45) is 0 Å². The average molecular weight is 381 g/mol. The molecule has 5 nitrogen and oxygen atoms in total. The van der Waals surface area contributed by atoms with E-state index in [2.05, 4.69) is 10.1 Å². The van der Waals surface area contributed by atoms with Gasteiger partial charge >= 0.3 is 5.97 Å². The predicted molar refractivity (Wildman–Crippen MR) is 92.0 cm³/mol. The normalized spacial score (nSPS) is 12.9. The predicted octanol–water partition coefficient (Wildman–Crippen LogP) is 2.43. The van der Waals surface area contributed by atoms with Crippen LogP contribution in [0, 0.1) is 11.6 Å². The number of nitrogens with one attached hydrogen (secondary N) is 1. The van der Waals surface area contributed by atoms with Gasteiger partial charge in [-0.25, -0.2) is 13.6 Å². The van der Waals surface area contributed by atoms with Crippen LogP contribution < -0.4 is 5.32 Å². The summed E-state index contributed by atoms with van der Waals surface area (Å²) in [6, 6.07) is 9.91. The third-order valence-corrected chi connectivity index (χ3v) is 4.92. The zero-order chi connectivity index (χ0) is 19.1. The van der Waals surface area contributed by atoms with Gasteiger partial charge in [0.1, 0.15) is 17.7 Å². The van der Waals surface area contributed by atoms with Crippen molar-refractivity contribution in [3.05, 3.63) is 65.7 Å². The minimum atomic E-state index is -1.37. The van der Waals surface area contributed by atoms with E-state index in [1.165, 1.54) is 0 Å². The Morgan fingerprint density at radius 3 is 2.31 bits per heavy atom. The molecule has 0 saturated heterocycles. The van der Waals surface area contributed by atoms with Crippen LogP contribution >= 0.6 is 0 Å². The highest BCUT2D eigenvalue weighted by Gasteiger charge is 2.23. The van der Waals surface area contributed by atoms with Crippen LogP contribution in [0.15, 0.2) is 53.4 Å². The highest BCUT2D eigenvalue weighted by atomic mass is 32.2. The smallest absolute Gasteiger partial charge is 0.328 e. The molecule has 0 spiro atoms. The molecule has 0 heterocycles. The van der Waals surface area contributed by atoms with Gasteiger partial charge in [0.25, 0.3) is 5.91 Å². The molecule has 0 aliphatic heterocycles. The minimum absolute atomic E-state index is 0.0394. The number of carbonyl (C=O) groups excluding carboxylic acids is 2. The number of amides is 1. The van der Waals surface area contributed by atoms with E-state index in [-0.39, 0.29) is 17.7 Å². The van der Waals surface area contributed by atoms with E-state index in [9.17, 15) is 22.6 Å². The van der Waals surface area contributed by atoms with Crippen molar-refractivity contribution in [1.29, 1.82) is 0 Å². The molecular weight excluding hydrogens is 364 g/mol. The van der Waals surface area contributed by atoms with E-state index in [1.807, 2.05) is 0 Å². The topological polar surface area (TPSA) is 72.5 Å². The van der Waals surface area contributed by atoms with Crippen LogP contribution in [-0.4, -0.2) is 35.0 Å². The van der Waals surface area contributed by atoms with Gasteiger partial charge in [-0.3, -0.25) is 9.00 Å². The summed E-state index contributed by atoms with van der Waals surface area (Å²) in [4.78, 5) is 24.6. The van der Waals surface area contributed by atoms with Crippen molar-refractivity contribution in [3.63, 3.8) is 0 Å². The zero-order valence-corrected chi connectivity index (χ0v) is 14.7. The fraction of sp³-hybridized carbons (Fsp3) is 0.222. The second-order valence-electron chi connectivity index (χ2n) is 5.36. The maximum atomic E-state index is 13.2. The Bertz CT molecular complexity index is 794. The lowest BCUT2D eigenvalue weighted by atomic mass is 10.1. The molecule has 0 radical (unpaired) electrons. The maximum Gasteiger partial charge on any atom is 0.328 e. The first-order valence-electron chi connectivity index (χ1n) is 7.69. The van der Waals surface area contributed by atoms with E-state index < -0.39 is 40.4 Å². The molecule has 0 unspecified atom stereocenters. The Hall–Kier alpha value is -2.61. The van der Waals surface area contributed by atoms with Gasteiger partial charge in [0.15, 0.2) is 0 Å². The Kier molecular flexibility index (Phi) is 6.97. The molecule has 138 valence electrons. The Balaban J connectivity index is 2.06. The van der Waals surface area contributed by atoms with Crippen molar-refractivity contribution in [2.45, 2.75) is 17.4 Å². The quantitative estimate of drug-likeness (QED) is 0.748. The van der Waals surface area contributed by atoms with E-state index in [1.54, 1.807) is 30.3 Å². The molecule has 26 heavy (non-hydrogen) atoms. The van der Waals surface area contributed by atoms with Gasteiger partial charge in [0.05, 0.1) is 17.9 Å². The fourth-order valence-corrected chi connectivity index (χ4v) is 3.38. The molecule has 2 aromatic carbocycles. The monoisotopic (exact) mass is 381 g/mol. The SMILES string of the molecule is COC(=O)[C@H](CC[S@](=O)c1ccccc1)NC(=O)c1cc(F)cc(F)c1. The molecule has 2 aromatic rings. The zero-order valence-electron chi connectivity index (χ0n) is 13.9. The van der Waals surface area contributed by atoms with Crippen LogP contribution in [0.1, 0.15) is 16.8 Å². The Labute approximate surface area is 151 Å². The molecular formula is C18H17F2NO4S. The molecule has 0 bridgehead atoms. The second kappa shape index (κ2) is 9.19. The number of ether oxygens (including phenoxy) is 1. The summed E-state index contributed by atoms with van der Waals surface area (Å²) in [5.74, 6) is -3.28. The third-order valence-electron chi connectivity index (χ3n) is 3.51. The van der Waals surface area contributed by atoms with Crippen molar-refractivity contribution in [2.75, 3.05) is 12.9 Å². The summed E-state index contributed by atoms with van der Waals surface area (Å²) in [6.07, 6.45) is 0.0394. The van der Waals surface area contributed by atoms with Crippen molar-refractivity contribution >= 4 is 22.7 Å². The molecule has 0 aliphatic rings. The summed E-state index contributed by atoms with van der Waals surface area (Å²) in [6.45, 7) is 0. The maximum absolute atomic E-state index is 13.2. The lowest BCUT2D eigenvalue weighted by molar-refractivity contribution is -0.142. The van der Waals surface area contributed by atoms with E-state index in [0.29, 0.717) is 11.0 Å². The molecule has 1 amide bonds. The first kappa shape index (κ1) is 19.7. The second-order valence-corrected chi connectivity index (χ2v) is 6.93. The standard InChI is InChI=1S/C18H17F2NO4S/c1-25-18(23)16(7-8-26(24)15-5-3-2-4-6-15)21-17(22)12-9-13(19)11-14(20)10-12/h2-6,9-11,16H,7-8H2,1H3,(H,21,22)/t16-,26-/m0/s1. The summed E-state index contributed by atoms with van der Waals surface area (Å²) in [5.41, 5.74) is -0.263. The number of hydrogen-bond acceptors (Lipinski definition) is 4. The van der Waals surface area contributed by atoms with Crippen molar-refractivity contribution in [1.82, 2.24) is 5.32 Å². The molecule has 2 atom stereocenters. The molecule has 0 aromatic heterocycles.